The topological polar surface area (TPSA) is 80.2 Å². The van der Waals surface area contributed by atoms with Crippen molar-refractivity contribution >= 4 is 17.5 Å². The zero-order valence-electron chi connectivity index (χ0n) is 18.2. The zero-order valence-corrected chi connectivity index (χ0v) is 18.2. The fourth-order valence-electron chi connectivity index (χ4n) is 3.24. The van der Waals surface area contributed by atoms with Crippen LogP contribution in [0.15, 0.2) is 65.8 Å². The molecule has 31 heavy (non-hydrogen) atoms. The molecular weight excluding hydrogens is 394 g/mol. The van der Waals surface area contributed by atoms with E-state index >= 15 is 0 Å². The second-order valence-corrected chi connectivity index (χ2v) is 8.50. The number of benzene rings is 2. The number of nitrogens with one attached hydrogen (secondary N) is 1. The van der Waals surface area contributed by atoms with Crippen LogP contribution in [0, 0.1) is 0 Å². The molecular formula is C24H29N3O4. The first-order chi connectivity index (χ1) is 14.8. The minimum atomic E-state index is -0.648. The monoisotopic (exact) mass is 423 g/mol. The van der Waals surface area contributed by atoms with Crippen LogP contribution in [-0.2, 0) is 21.0 Å². The third-order valence-electron chi connectivity index (χ3n) is 4.65. The third kappa shape index (κ3) is 6.84. The van der Waals surface area contributed by atoms with Crippen LogP contribution in [0.5, 0.6) is 5.75 Å². The highest BCUT2D eigenvalue weighted by molar-refractivity contribution is 6.01. The molecule has 164 valence electrons. The first-order valence-corrected chi connectivity index (χ1v) is 10.3. The lowest BCUT2D eigenvalue weighted by Crippen LogP contribution is -2.52. The van der Waals surface area contributed by atoms with Gasteiger partial charge in [-0.3, -0.25) is 9.59 Å². The number of nitrogens with zero attached hydrogens (tertiary/aromatic N) is 2. The molecule has 0 aliphatic carbocycles. The van der Waals surface area contributed by atoms with Crippen LogP contribution in [0.3, 0.4) is 0 Å². The molecule has 1 heterocycles. The molecule has 0 saturated carbocycles. The van der Waals surface area contributed by atoms with Gasteiger partial charge in [0.05, 0.1) is 12.3 Å². The van der Waals surface area contributed by atoms with Crippen LogP contribution in [0.2, 0.25) is 0 Å². The van der Waals surface area contributed by atoms with Crippen molar-refractivity contribution < 1.29 is 19.2 Å². The first-order valence-electron chi connectivity index (χ1n) is 10.3. The maximum absolute atomic E-state index is 12.9. The molecule has 1 fully saturated rings. The van der Waals surface area contributed by atoms with E-state index in [2.05, 4.69) is 10.5 Å². The Hall–Kier alpha value is -3.35. The molecule has 1 aliphatic rings. The highest BCUT2D eigenvalue weighted by Crippen LogP contribution is 2.19. The van der Waals surface area contributed by atoms with Crippen LogP contribution in [0.25, 0.3) is 0 Å². The normalized spacial score (nSPS) is 17.5. The van der Waals surface area contributed by atoms with Gasteiger partial charge in [-0.15, -0.1) is 0 Å². The van der Waals surface area contributed by atoms with E-state index in [1.807, 2.05) is 69.3 Å². The van der Waals surface area contributed by atoms with Crippen LogP contribution < -0.4 is 10.1 Å². The highest BCUT2D eigenvalue weighted by Gasteiger charge is 2.39. The summed E-state index contributed by atoms with van der Waals surface area (Å²) in [6, 6.07) is 18.2. The summed E-state index contributed by atoms with van der Waals surface area (Å²) in [5.74, 6) is 0.116. The number of carbonyl (C=O) groups is 2. The molecule has 0 spiro atoms. The Morgan fingerprint density at radius 1 is 1.06 bits per heavy atom. The van der Waals surface area contributed by atoms with E-state index in [-0.39, 0.29) is 25.0 Å². The minimum absolute atomic E-state index is 0.151. The van der Waals surface area contributed by atoms with Crippen molar-refractivity contribution in [3.63, 3.8) is 0 Å². The number of hydrogen-bond donors (Lipinski definition) is 1. The molecule has 1 saturated heterocycles. The maximum atomic E-state index is 12.9. The molecule has 1 N–H and O–H groups in total. The number of carbonyl (C=O) groups excluding carboxylic acids is 2. The second kappa shape index (κ2) is 10.1. The van der Waals surface area contributed by atoms with Gasteiger partial charge in [-0.05, 0) is 38.5 Å². The van der Waals surface area contributed by atoms with Gasteiger partial charge in [-0.1, -0.05) is 53.7 Å². The maximum Gasteiger partial charge on any atom is 0.261 e. The van der Waals surface area contributed by atoms with Gasteiger partial charge in [0.15, 0.2) is 6.61 Å². The summed E-state index contributed by atoms with van der Waals surface area (Å²) in [5.41, 5.74) is 1.24. The van der Waals surface area contributed by atoms with Crippen molar-refractivity contribution in [2.75, 3.05) is 13.2 Å². The predicted octanol–water partition coefficient (Wildman–Crippen LogP) is 3.15. The van der Waals surface area contributed by atoms with E-state index in [0.717, 1.165) is 5.56 Å². The molecule has 2 aromatic rings. The smallest absolute Gasteiger partial charge is 0.261 e. The molecule has 0 radical (unpaired) electrons. The van der Waals surface area contributed by atoms with Crippen molar-refractivity contribution in [2.24, 2.45) is 5.16 Å². The standard InChI is InChI=1S/C24H29N3O4/c1-24(2,3)25-23(29)21-14-19(26-31-16-18-10-6-4-7-11-18)15-27(21)22(28)17-30-20-12-8-5-9-13-20/h4-13,21H,14-17H2,1-3H3,(H,25,29)/b26-19+/t21-/m0/s1. The number of hydrogen-bond acceptors (Lipinski definition) is 5. The lowest BCUT2D eigenvalue weighted by atomic mass is 10.1. The quantitative estimate of drug-likeness (QED) is 0.694. The van der Waals surface area contributed by atoms with E-state index in [1.54, 1.807) is 12.1 Å². The fraction of sp³-hybridized carbons (Fsp3) is 0.375. The van der Waals surface area contributed by atoms with Gasteiger partial charge in [0.1, 0.15) is 18.4 Å². The van der Waals surface area contributed by atoms with Gasteiger partial charge < -0.3 is 19.8 Å². The third-order valence-corrected chi connectivity index (χ3v) is 4.65. The fourth-order valence-corrected chi connectivity index (χ4v) is 3.24. The number of rotatable bonds is 7. The molecule has 2 amide bonds. The van der Waals surface area contributed by atoms with Gasteiger partial charge in [0, 0.05) is 12.0 Å². The van der Waals surface area contributed by atoms with Crippen LogP contribution in [0.4, 0.5) is 0 Å². The Morgan fingerprint density at radius 3 is 2.35 bits per heavy atom. The van der Waals surface area contributed by atoms with Crippen LogP contribution >= 0.6 is 0 Å². The lowest BCUT2D eigenvalue weighted by Gasteiger charge is -2.27. The lowest BCUT2D eigenvalue weighted by molar-refractivity contribution is -0.140. The van der Waals surface area contributed by atoms with Crippen molar-refractivity contribution in [3.05, 3.63) is 66.2 Å². The number of para-hydroxylation sites is 1. The summed E-state index contributed by atoms with van der Waals surface area (Å²) in [7, 11) is 0. The Morgan fingerprint density at radius 2 is 1.71 bits per heavy atom. The van der Waals surface area contributed by atoms with Crippen LogP contribution in [-0.4, -0.2) is 47.2 Å². The molecule has 0 bridgehead atoms. The van der Waals surface area contributed by atoms with Gasteiger partial charge in [0.25, 0.3) is 5.91 Å². The van der Waals surface area contributed by atoms with Gasteiger partial charge in [-0.2, -0.15) is 0 Å². The number of likely N-dealkylation sites (tertiary alicyclic amines) is 1. The summed E-state index contributed by atoms with van der Waals surface area (Å²) in [4.78, 5) is 32.7. The zero-order chi connectivity index (χ0) is 22.3. The molecule has 7 heteroatoms. The number of ether oxygens (including phenoxy) is 1. The van der Waals surface area contributed by atoms with E-state index in [1.165, 1.54) is 4.90 Å². The largest absolute Gasteiger partial charge is 0.484 e. The van der Waals surface area contributed by atoms with Crippen molar-refractivity contribution in [1.82, 2.24) is 10.2 Å². The highest BCUT2D eigenvalue weighted by atomic mass is 16.6. The van der Waals surface area contributed by atoms with Crippen molar-refractivity contribution in [2.45, 2.75) is 45.4 Å². The Balaban J connectivity index is 1.66. The second-order valence-electron chi connectivity index (χ2n) is 8.50. The summed E-state index contributed by atoms with van der Waals surface area (Å²) in [6.45, 7) is 6.12. The van der Waals surface area contributed by atoms with Crippen molar-refractivity contribution in [3.8, 4) is 5.75 Å². The molecule has 2 aromatic carbocycles. The molecule has 0 aromatic heterocycles. The van der Waals surface area contributed by atoms with E-state index in [0.29, 0.717) is 24.5 Å². The van der Waals surface area contributed by atoms with E-state index in [4.69, 9.17) is 9.57 Å². The average molecular weight is 424 g/mol. The average Bonchev–Trinajstić information content (AvgIpc) is 3.17. The van der Waals surface area contributed by atoms with Gasteiger partial charge in [-0.25, -0.2) is 0 Å². The molecule has 7 nitrogen and oxygen atoms in total. The van der Waals surface area contributed by atoms with E-state index < -0.39 is 11.6 Å². The first kappa shape index (κ1) is 22.3. The summed E-state index contributed by atoms with van der Waals surface area (Å²) in [6.07, 6.45) is 0.327. The Bertz CT molecular complexity index is 907. The summed E-state index contributed by atoms with van der Waals surface area (Å²) >= 11 is 0. The molecule has 3 rings (SSSR count). The van der Waals surface area contributed by atoms with Gasteiger partial charge in [0.2, 0.25) is 5.91 Å². The van der Waals surface area contributed by atoms with Crippen LogP contribution in [0.1, 0.15) is 32.8 Å². The Kier molecular flexibility index (Phi) is 7.28. The SMILES string of the molecule is CC(C)(C)NC(=O)[C@@H]1C/C(=N\OCc2ccccc2)CN1C(=O)COc1ccccc1. The minimum Gasteiger partial charge on any atom is -0.484 e. The molecule has 1 atom stereocenters. The summed E-state index contributed by atoms with van der Waals surface area (Å²) < 4.78 is 5.59. The van der Waals surface area contributed by atoms with Gasteiger partial charge >= 0.3 is 0 Å². The molecule has 0 unspecified atom stereocenters. The number of amides is 2. The van der Waals surface area contributed by atoms with E-state index in [9.17, 15) is 9.59 Å². The number of oxime groups is 1. The van der Waals surface area contributed by atoms with Crippen molar-refractivity contribution in [1.29, 1.82) is 0 Å². The summed E-state index contributed by atoms with van der Waals surface area (Å²) in [5, 5.41) is 7.15. The molecule has 1 aliphatic heterocycles. The Labute approximate surface area is 183 Å². The predicted molar refractivity (Wildman–Crippen MR) is 119 cm³/mol.